The van der Waals surface area contributed by atoms with Crippen LogP contribution in [0.15, 0.2) is 54.6 Å². The molecule has 110 valence electrons. The van der Waals surface area contributed by atoms with Gasteiger partial charge < -0.3 is 14.6 Å². The number of carboxylic acids is 1. The number of rotatable bonds is 7. The molecule has 0 aliphatic carbocycles. The zero-order valence-corrected chi connectivity index (χ0v) is 11.9. The van der Waals surface area contributed by atoms with Crippen molar-refractivity contribution in [2.75, 3.05) is 7.11 Å². The number of hydrogen-bond donors (Lipinski definition) is 1. The lowest BCUT2D eigenvalue weighted by molar-refractivity contribution is -0.148. The van der Waals surface area contributed by atoms with Gasteiger partial charge in [0.05, 0.1) is 0 Å². The third-order valence-corrected chi connectivity index (χ3v) is 3.13. The lowest BCUT2D eigenvalue weighted by Gasteiger charge is -2.12. The summed E-state index contributed by atoms with van der Waals surface area (Å²) in [4.78, 5) is 11.0. The molecule has 0 aliphatic rings. The fourth-order valence-corrected chi connectivity index (χ4v) is 1.99. The van der Waals surface area contributed by atoms with Crippen LogP contribution in [0.1, 0.15) is 11.1 Å². The van der Waals surface area contributed by atoms with Crippen molar-refractivity contribution in [1.82, 2.24) is 0 Å². The lowest BCUT2D eigenvalue weighted by atomic mass is 10.1. The van der Waals surface area contributed by atoms with Gasteiger partial charge in [0.25, 0.3) is 0 Å². The van der Waals surface area contributed by atoms with Crippen molar-refractivity contribution in [2.45, 2.75) is 19.1 Å². The molecular formula is C17H18O4. The Hall–Kier alpha value is -2.33. The van der Waals surface area contributed by atoms with Gasteiger partial charge in [0.15, 0.2) is 6.10 Å². The first kappa shape index (κ1) is 15.1. The average Bonchev–Trinajstić information content (AvgIpc) is 2.52. The molecule has 0 bridgehead atoms. The molecule has 1 N–H and O–H groups in total. The van der Waals surface area contributed by atoms with E-state index in [4.69, 9.17) is 14.6 Å². The molecule has 1 atom stereocenters. The van der Waals surface area contributed by atoms with Crippen molar-refractivity contribution < 1.29 is 19.4 Å². The van der Waals surface area contributed by atoms with E-state index in [1.807, 2.05) is 54.6 Å². The third-order valence-electron chi connectivity index (χ3n) is 3.13. The highest BCUT2D eigenvalue weighted by Gasteiger charge is 2.16. The molecule has 4 nitrogen and oxygen atoms in total. The van der Waals surface area contributed by atoms with Crippen LogP contribution in [0.5, 0.6) is 5.75 Å². The molecule has 4 heteroatoms. The molecule has 2 aromatic carbocycles. The number of ether oxygens (including phenoxy) is 2. The van der Waals surface area contributed by atoms with Gasteiger partial charge in [-0.2, -0.15) is 0 Å². The van der Waals surface area contributed by atoms with E-state index in [9.17, 15) is 4.79 Å². The summed E-state index contributed by atoms with van der Waals surface area (Å²) < 4.78 is 10.7. The van der Waals surface area contributed by atoms with Crippen LogP contribution in [-0.4, -0.2) is 24.3 Å². The van der Waals surface area contributed by atoms with Gasteiger partial charge in [-0.05, 0) is 23.3 Å². The number of benzene rings is 2. The molecule has 0 amide bonds. The van der Waals surface area contributed by atoms with E-state index >= 15 is 0 Å². The van der Waals surface area contributed by atoms with Gasteiger partial charge in [-0.3, -0.25) is 0 Å². The Morgan fingerprint density at radius 2 is 1.81 bits per heavy atom. The zero-order valence-electron chi connectivity index (χ0n) is 11.9. The SMILES string of the molecule is COC(Cc1cccc(OCc2ccccc2)c1)C(=O)O. The summed E-state index contributed by atoms with van der Waals surface area (Å²) in [6.45, 7) is 0.483. The molecule has 1 unspecified atom stereocenters. The number of aliphatic carboxylic acids is 1. The highest BCUT2D eigenvalue weighted by atomic mass is 16.5. The maximum absolute atomic E-state index is 11.0. The molecule has 0 radical (unpaired) electrons. The highest BCUT2D eigenvalue weighted by molar-refractivity contribution is 5.72. The smallest absolute Gasteiger partial charge is 0.333 e. The predicted molar refractivity (Wildman–Crippen MR) is 79.4 cm³/mol. The highest BCUT2D eigenvalue weighted by Crippen LogP contribution is 2.17. The molecule has 0 spiro atoms. The third kappa shape index (κ3) is 4.61. The minimum Gasteiger partial charge on any atom is -0.489 e. The molecule has 0 saturated heterocycles. The molecule has 0 fully saturated rings. The second kappa shape index (κ2) is 7.45. The van der Waals surface area contributed by atoms with Crippen LogP contribution in [0.2, 0.25) is 0 Å². The Morgan fingerprint density at radius 3 is 2.48 bits per heavy atom. The van der Waals surface area contributed by atoms with Gasteiger partial charge >= 0.3 is 5.97 Å². The zero-order chi connectivity index (χ0) is 15.1. The van der Waals surface area contributed by atoms with Crippen molar-refractivity contribution in [1.29, 1.82) is 0 Å². The number of carbonyl (C=O) groups is 1. The van der Waals surface area contributed by atoms with Crippen LogP contribution in [-0.2, 0) is 22.6 Å². The van der Waals surface area contributed by atoms with E-state index < -0.39 is 12.1 Å². The molecule has 0 aliphatic heterocycles. The van der Waals surface area contributed by atoms with Crippen LogP contribution in [0.25, 0.3) is 0 Å². The van der Waals surface area contributed by atoms with Crippen LogP contribution in [0.4, 0.5) is 0 Å². The molecular weight excluding hydrogens is 268 g/mol. The van der Waals surface area contributed by atoms with Crippen molar-refractivity contribution in [3.63, 3.8) is 0 Å². The quantitative estimate of drug-likeness (QED) is 0.850. The summed E-state index contributed by atoms with van der Waals surface area (Å²) in [5, 5.41) is 9.00. The average molecular weight is 286 g/mol. The van der Waals surface area contributed by atoms with Crippen molar-refractivity contribution in [3.05, 3.63) is 65.7 Å². The summed E-state index contributed by atoms with van der Waals surface area (Å²) in [7, 11) is 1.40. The Morgan fingerprint density at radius 1 is 1.10 bits per heavy atom. The van der Waals surface area contributed by atoms with Crippen LogP contribution in [0, 0.1) is 0 Å². The van der Waals surface area contributed by atoms with E-state index in [0.717, 1.165) is 16.9 Å². The molecule has 0 saturated carbocycles. The van der Waals surface area contributed by atoms with E-state index in [2.05, 4.69) is 0 Å². The summed E-state index contributed by atoms with van der Waals surface area (Å²) in [6, 6.07) is 17.3. The second-order valence-electron chi connectivity index (χ2n) is 4.69. The summed E-state index contributed by atoms with van der Waals surface area (Å²) in [5.41, 5.74) is 1.96. The molecule has 0 aromatic heterocycles. The topological polar surface area (TPSA) is 55.8 Å². The van der Waals surface area contributed by atoms with Gasteiger partial charge in [0.1, 0.15) is 12.4 Å². The molecule has 2 aromatic rings. The van der Waals surface area contributed by atoms with E-state index in [-0.39, 0.29) is 0 Å². The Labute approximate surface area is 123 Å². The number of carboxylic acid groups (broad SMARTS) is 1. The minimum absolute atomic E-state index is 0.314. The molecule has 21 heavy (non-hydrogen) atoms. The second-order valence-corrected chi connectivity index (χ2v) is 4.69. The number of methoxy groups -OCH3 is 1. The van der Waals surface area contributed by atoms with Crippen molar-refractivity contribution >= 4 is 5.97 Å². The van der Waals surface area contributed by atoms with Gasteiger partial charge in [0, 0.05) is 13.5 Å². The summed E-state index contributed by atoms with van der Waals surface area (Å²) in [5.74, 6) is -0.246. The van der Waals surface area contributed by atoms with Gasteiger partial charge in [-0.15, -0.1) is 0 Å². The Kier molecular flexibility index (Phi) is 5.35. The first-order chi connectivity index (χ1) is 10.2. The molecule has 0 heterocycles. The molecule has 2 rings (SSSR count). The standard InChI is InChI=1S/C17H18O4/c1-20-16(17(18)19)11-14-8-5-9-15(10-14)21-12-13-6-3-2-4-7-13/h2-10,16H,11-12H2,1H3,(H,18,19). The maximum atomic E-state index is 11.0. The maximum Gasteiger partial charge on any atom is 0.333 e. The minimum atomic E-state index is -0.965. The van der Waals surface area contributed by atoms with Gasteiger partial charge in [-0.1, -0.05) is 42.5 Å². The van der Waals surface area contributed by atoms with Crippen LogP contribution < -0.4 is 4.74 Å². The first-order valence-electron chi connectivity index (χ1n) is 6.70. The van der Waals surface area contributed by atoms with E-state index in [0.29, 0.717) is 13.0 Å². The van der Waals surface area contributed by atoms with Crippen molar-refractivity contribution in [3.8, 4) is 5.75 Å². The van der Waals surface area contributed by atoms with E-state index in [1.165, 1.54) is 7.11 Å². The number of hydrogen-bond acceptors (Lipinski definition) is 3. The summed E-state index contributed by atoms with van der Waals surface area (Å²) >= 11 is 0. The van der Waals surface area contributed by atoms with Crippen LogP contribution >= 0.6 is 0 Å². The largest absolute Gasteiger partial charge is 0.489 e. The normalized spacial score (nSPS) is 11.9. The van der Waals surface area contributed by atoms with E-state index in [1.54, 1.807) is 0 Å². The van der Waals surface area contributed by atoms with Crippen molar-refractivity contribution in [2.24, 2.45) is 0 Å². The Bertz CT molecular complexity index is 580. The first-order valence-corrected chi connectivity index (χ1v) is 6.70. The van der Waals surface area contributed by atoms with Gasteiger partial charge in [-0.25, -0.2) is 4.79 Å². The fourth-order valence-electron chi connectivity index (χ4n) is 1.99. The summed E-state index contributed by atoms with van der Waals surface area (Å²) in [6.07, 6.45) is -0.525. The Balaban J connectivity index is 1.99. The monoisotopic (exact) mass is 286 g/mol. The van der Waals surface area contributed by atoms with Crippen LogP contribution in [0.3, 0.4) is 0 Å². The fraction of sp³-hybridized carbons (Fsp3) is 0.235. The van der Waals surface area contributed by atoms with Gasteiger partial charge in [0.2, 0.25) is 0 Å². The lowest BCUT2D eigenvalue weighted by Crippen LogP contribution is -2.24. The predicted octanol–water partition coefficient (Wildman–Crippen LogP) is 2.91.